The summed E-state index contributed by atoms with van der Waals surface area (Å²) >= 11 is 0. The van der Waals surface area contributed by atoms with Gasteiger partial charge in [0, 0.05) is 32.7 Å². The molecule has 306 valence electrons. The third-order valence-electron chi connectivity index (χ3n) is 10.5. The predicted molar refractivity (Wildman–Crippen MR) is 198 cm³/mol. The lowest BCUT2D eigenvalue weighted by molar-refractivity contribution is -0.149. The summed E-state index contributed by atoms with van der Waals surface area (Å²) in [6.45, 7) is 1.59. The smallest absolute Gasteiger partial charge is 0.326 e. The van der Waals surface area contributed by atoms with Gasteiger partial charge in [-0.1, -0.05) is 0 Å². The largest absolute Gasteiger partial charge is 0.480 e. The molecule has 4 heterocycles. The molecule has 0 aromatic rings. The molecule has 6 atom stereocenters. The van der Waals surface area contributed by atoms with Crippen LogP contribution in [0.3, 0.4) is 0 Å². The Morgan fingerprint density at radius 1 is 0.655 bits per heavy atom. The van der Waals surface area contributed by atoms with Crippen LogP contribution in [-0.2, 0) is 33.6 Å². The Balaban J connectivity index is 1.35. The lowest BCUT2D eigenvalue weighted by Gasteiger charge is -2.30. The summed E-state index contributed by atoms with van der Waals surface area (Å²) in [5.41, 5.74) is 10.7. The molecule has 4 aliphatic heterocycles. The number of carbonyl (C=O) groups excluding carboxylic acids is 6. The van der Waals surface area contributed by atoms with Gasteiger partial charge in [-0.15, -0.1) is 0 Å². The molecular formula is C34H57N13O8. The van der Waals surface area contributed by atoms with Crippen molar-refractivity contribution in [2.24, 2.45) is 11.5 Å². The number of likely N-dealkylation sites (tertiary alicyclic amines) is 3. The molecule has 0 saturated carbocycles. The zero-order chi connectivity index (χ0) is 40.1. The van der Waals surface area contributed by atoms with Gasteiger partial charge in [0.15, 0.2) is 11.9 Å². The Bertz CT molecular complexity index is 1460. The summed E-state index contributed by atoms with van der Waals surface area (Å²) in [7, 11) is 0. The van der Waals surface area contributed by atoms with Gasteiger partial charge >= 0.3 is 5.97 Å². The molecule has 0 aromatic carbocycles. The van der Waals surface area contributed by atoms with Crippen molar-refractivity contribution in [3.8, 4) is 0 Å². The zero-order valence-electron chi connectivity index (χ0n) is 31.2. The van der Waals surface area contributed by atoms with Crippen molar-refractivity contribution in [2.45, 2.75) is 113 Å². The molecule has 21 nitrogen and oxygen atoms in total. The highest BCUT2D eigenvalue weighted by Gasteiger charge is 2.41. The molecular weight excluding hydrogens is 718 g/mol. The molecule has 4 rings (SSSR count). The minimum atomic E-state index is -1.13. The second-order valence-corrected chi connectivity index (χ2v) is 14.4. The second-order valence-electron chi connectivity index (χ2n) is 14.4. The summed E-state index contributed by atoms with van der Waals surface area (Å²) < 4.78 is 0. The van der Waals surface area contributed by atoms with E-state index < -0.39 is 78.3 Å². The van der Waals surface area contributed by atoms with E-state index in [9.17, 15) is 38.7 Å². The van der Waals surface area contributed by atoms with Crippen molar-refractivity contribution >= 4 is 53.3 Å². The lowest BCUT2D eigenvalue weighted by atomic mass is 10.1. The number of hydrogen-bond acceptors (Lipinski definition) is 10. The maximum absolute atomic E-state index is 13.8. The molecule has 0 radical (unpaired) electrons. The number of carbonyl (C=O) groups is 7. The lowest BCUT2D eigenvalue weighted by Crippen LogP contribution is -2.57. The quantitative estimate of drug-likeness (QED) is 0.0365. The van der Waals surface area contributed by atoms with Gasteiger partial charge in [-0.05, 0) is 83.6 Å². The number of nitrogens with two attached hydrogens (primary N) is 2. The predicted octanol–water partition coefficient (Wildman–Crippen LogP) is -3.59. The van der Waals surface area contributed by atoms with Crippen LogP contribution < -0.4 is 43.4 Å². The molecule has 0 unspecified atom stereocenters. The van der Waals surface area contributed by atoms with Crippen LogP contribution in [0.15, 0.2) is 0 Å². The van der Waals surface area contributed by atoms with E-state index in [0.717, 1.165) is 6.42 Å². The normalized spacial score (nSPS) is 23.1. The molecule has 4 fully saturated rings. The molecule has 4 aliphatic rings. The minimum absolute atomic E-state index is 0.137. The number of carboxylic acids is 1. The molecule has 4 saturated heterocycles. The van der Waals surface area contributed by atoms with Crippen molar-refractivity contribution in [2.75, 3.05) is 45.8 Å². The van der Waals surface area contributed by atoms with E-state index in [0.29, 0.717) is 70.9 Å². The number of guanidine groups is 2. The number of aliphatic carboxylic acids is 1. The first-order chi connectivity index (χ1) is 26.3. The number of nitrogens with one attached hydrogen (secondary N) is 8. The minimum Gasteiger partial charge on any atom is -0.480 e. The molecule has 6 amide bonds. The fraction of sp³-hybridized carbons (Fsp3) is 0.735. The van der Waals surface area contributed by atoms with Gasteiger partial charge in [-0.2, -0.15) is 0 Å². The first kappa shape index (κ1) is 42.5. The number of rotatable bonds is 18. The average molecular weight is 776 g/mol. The Labute approximate surface area is 319 Å². The van der Waals surface area contributed by atoms with Crippen molar-refractivity contribution in [3.05, 3.63) is 0 Å². The van der Waals surface area contributed by atoms with Crippen molar-refractivity contribution in [1.82, 2.24) is 46.6 Å². The number of amides is 6. The fourth-order valence-electron chi connectivity index (χ4n) is 7.73. The van der Waals surface area contributed by atoms with Gasteiger partial charge in [-0.3, -0.25) is 39.6 Å². The summed E-state index contributed by atoms with van der Waals surface area (Å²) in [5.74, 6) is -4.48. The third-order valence-corrected chi connectivity index (χ3v) is 10.5. The number of carboxylic acid groups (broad SMARTS) is 1. The first-order valence-corrected chi connectivity index (χ1v) is 19.2. The molecule has 0 aromatic heterocycles. The zero-order valence-corrected chi connectivity index (χ0v) is 31.2. The molecule has 0 spiro atoms. The van der Waals surface area contributed by atoms with Crippen LogP contribution >= 0.6 is 0 Å². The van der Waals surface area contributed by atoms with Crippen LogP contribution in [0, 0.1) is 10.8 Å². The van der Waals surface area contributed by atoms with Gasteiger partial charge in [0.05, 0.1) is 12.6 Å². The highest BCUT2D eigenvalue weighted by atomic mass is 16.4. The Hall–Kier alpha value is -5.21. The van der Waals surface area contributed by atoms with Crippen LogP contribution in [0.2, 0.25) is 0 Å². The summed E-state index contributed by atoms with van der Waals surface area (Å²) in [5, 5.41) is 41.0. The summed E-state index contributed by atoms with van der Waals surface area (Å²) in [6.07, 6.45) is 5.15. The topological polar surface area (TPSA) is 321 Å². The van der Waals surface area contributed by atoms with Gasteiger partial charge in [-0.25, -0.2) is 4.79 Å². The molecule has 0 bridgehead atoms. The number of nitrogens with zero attached hydrogens (tertiary/aromatic N) is 3. The highest BCUT2D eigenvalue weighted by molar-refractivity contribution is 5.96. The van der Waals surface area contributed by atoms with E-state index >= 15 is 0 Å². The third kappa shape index (κ3) is 11.9. The van der Waals surface area contributed by atoms with Crippen LogP contribution in [-0.4, -0.2) is 155 Å². The van der Waals surface area contributed by atoms with Crippen LogP contribution in [0.5, 0.6) is 0 Å². The Morgan fingerprint density at radius 3 is 1.65 bits per heavy atom. The highest BCUT2D eigenvalue weighted by Crippen LogP contribution is 2.23. The van der Waals surface area contributed by atoms with E-state index in [2.05, 4.69) is 31.9 Å². The second kappa shape index (κ2) is 20.5. The standard InChI is InChI=1S/C34H57N13O8/c35-33(36)40-14-2-8-21(43-27(49)20-7-1-13-39-20)30(52)46-17-5-10-23(46)28(50)42-19-26(48)45-16-4-11-24(45)29(51)44-22(9-3-15-41-34(37)38)31(53)47-18-6-12-25(47)32(54)55/h20-25,39H,1-19H2,(H,42,50)(H,43,49)(H,44,51)(H,54,55)(H4,35,36,40)(H4,37,38,41)/t20-,21-,22-,23-,24-,25-/m0/s1. The van der Waals surface area contributed by atoms with Crippen LogP contribution in [0.25, 0.3) is 0 Å². The molecule has 0 aliphatic carbocycles. The van der Waals surface area contributed by atoms with E-state index in [1.807, 2.05) is 0 Å². The van der Waals surface area contributed by atoms with E-state index in [1.165, 1.54) is 14.7 Å². The molecule has 55 heavy (non-hydrogen) atoms. The number of hydrogen-bond donors (Lipinski definition) is 11. The maximum Gasteiger partial charge on any atom is 0.326 e. The molecule has 21 heteroatoms. The fourth-order valence-corrected chi connectivity index (χ4v) is 7.73. The van der Waals surface area contributed by atoms with Gasteiger partial charge in [0.2, 0.25) is 35.4 Å². The van der Waals surface area contributed by atoms with Crippen molar-refractivity contribution in [3.63, 3.8) is 0 Å². The van der Waals surface area contributed by atoms with E-state index in [4.69, 9.17) is 22.3 Å². The van der Waals surface area contributed by atoms with Gasteiger partial charge in [0.25, 0.3) is 0 Å². The van der Waals surface area contributed by atoms with Gasteiger partial charge < -0.3 is 63.2 Å². The Morgan fingerprint density at radius 2 is 1.15 bits per heavy atom. The SMILES string of the molecule is N=C(N)NCCC[C@H](NC(=O)[C@@H]1CCCN1C(=O)CNC(=O)[C@@H]1CCCN1C(=O)[C@H](CCCNC(=N)N)NC(=O)[C@@H]1CCCN1)C(=O)N1CCC[C@H]1C(=O)O. The van der Waals surface area contributed by atoms with E-state index in [-0.39, 0.29) is 56.8 Å². The van der Waals surface area contributed by atoms with E-state index in [1.54, 1.807) is 0 Å². The first-order valence-electron chi connectivity index (χ1n) is 19.2. The maximum atomic E-state index is 13.8. The summed E-state index contributed by atoms with van der Waals surface area (Å²) in [4.78, 5) is 96.7. The monoisotopic (exact) mass is 775 g/mol. The summed E-state index contributed by atoms with van der Waals surface area (Å²) in [6, 6.07) is -5.20. The molecule has 13 N–H and O–H groups in total. The van der Waals surface area contributed by atoms with Gasteiger partial charge in [0.1, 0.15) is 30.2 Å². The van der Waals surface area contributed by atoms with Crippen LogP contribution in [0.4, 0.5) is 0 Å². The van der Waals surface area contributed by atoms with Crippen molar-refractivity contribution in [1.29, 1.82) is 10.8 Å². The van der Waals surface area contributed by atoms with Crippen LogP contribution in [0.1, 0.15) is 77.0 Å². The average Bonchev–Trinajstić information content (AvgIpc) is 3.99. The van der Waals surface area contributed by atoms with Crippen molar-refractivity contribution < 1.29 is 38.7 Å². The Kier molecular flexibility index (Phi) is 15.8.